The van der Waals surface area contributed by atoms with Gasteiger partial charge >= 0.3 is 0 Å². The van der Waals surface area contributed by atoms with Crippen molar-refractivity contribution >= 4 is 15.9 Å². The molecule has 0 aromatic heterocycles. The molecule has 6 heteroatoms. The van der Waals surface area contributed by atoms with Crippen LogP contribution in [0.1, 0.15) is 28.8 Å². The summed E-state index contributed by atoms with van der Waals surface area (Å²) >= 11 is 0. The number of hydrogen-bond acceptors (Lipinski definition) is 3. The van der Waals surface area contributed by atoms with Gasteiger partial charge in [-0.05, 0) is 42.7 Å². The van der Waals surface area contributed by atoms with Gasteiger partial charge in [0.05, 0.1) is 4.90 Å². The van der Waals surface area contributed by atoms with E-state index in [0.717, 1.165) is 12.8 Å². The van der Waals surface area contributed by atoms with Crippen LogP contribution in [0.2, 0.25) is 0 Å². The fourth-order valence-corrected chi connectivity index (χ4v) is 3.17. The molecule has 1 saturated carbocycles. The van der Waals surface area contributed by atoms with Crippen LogP contribution in [0.3, 0.4) is 0 Å². The van der Waals surface area contributed by atoms with E-state index in [0.29, 0.717) is 12.1 Å². The Labute approximate surface area is 135 Å². The molecule has 0 aliphatic heterocycles. The van der Waals surface area contributed by atoms with Crippen molar-refractivity contribution in [3.8, 4) is 0 Å². The summed E-state index contributed by atoms with van der Waals surface area (Å²) in [5.74, 6) is -0.215. The average Bonchev–Trinajstić information content (AvgIpc) is 3.34. The third-order valence-electron chi connectivity index (χ3n) is 4.27. The first-order valence-electron chi connectivity index (χ1n) is 7.37. The summed E-state index contributed by atoms with van der Waals surface area (Å²) in [7, 11) is -3.74. The number of sulfonamides is 1. The lowest BCUT2D eigenvalue weighted by atomic mass is 9.96. The van der Waals surface area contributed by atoms with Gasteiger partial charge in [0.15, 0.2) is 0 Å². The van der Waals surface area contributed by atoms with Crippen LogP contribution in [-0.4, -0.2) is 20.9 Å². The standard InChI is InChI=1S/C17H18N2O3S/c18-23(21,22)15-8-6-13(7-9-15)16(20)19-12-17(10-11-17)14-4-2-1-3-5-14/h1-9H,10-12H2,(H,19,20)(H2,18,21,22). The first-order valence-corrected chi connectivity index (χ1v) is 8.92. The Kier molecular flexibility index (Phi) is 3.95. The summed E-state index contributed by atoms with van der Waals surface area (Å²) < 4.78 is 22.4. The second-order valence-electron chi connectivity index (χ2n) is 5.90. The van der Waals surface area contributed by atoms with E-state index in [1.165, 1.54) is 29.8 Å². The Bertz CT molecular complexity index is 811. The van der Waals surface area contributed by atoms with Crippen LogP contribution in [0.15, 0.2) is 59.5 Å². The number of carbonyl (C=O) groups is 1. The molecular formula is C17H18N2O3S. The predicted molar refractivity (Wildman–Crippen MR) is 87.5 cm³/mol. The minimum Gasteiger partial charge on any atom is -0.351 e. The smallest absolute Gasteiger partial charge is 0.251 e. The molecule has 2 aromatic rings. The Balaban J connectivity index is 1.66. The summed E-state index contributed by atoms with van der Waals surface area (Å²) in [5, 5.41) is 7.98. The zero-order valence-corrected chi connectivity index (χ0v) is 13.3. The van der Waals surface area contributed by atoms with Crippen LogP contribution in [0.25, 0.3) is 0 Å². The van der Waals surface area contributed by atoms with Gasteiger partial charge in [0.25, 0.3) is 5.91 Å². The van der Waals surface area contributed by atoms with E-state index in [4.69, 9.17) is 5.14 Å². The Morgan fingerprint density at radius 2 is 1.65 bits per heavy atom. The number of amides is 1. The molecule has 0 unspecified atom stereocenters. The number of benzene rings is 2. The van der Waals surface area contributed by atoms with Gasteiger partial charge in [-0.2, -0.15) is 0 Å². The average molecular weight is 330 g/mol. The fourth-order valence-electron chi connectivity index (χ4n) is 2.66. The largest absolute Gasteiger partial charge is 0.351 e. The zero-order chi connectivity index (χ0) is 16.5. The van der Waals surface area contributed by atoms with Crippen molar-refractivity contribution in [2.24, 2.45) is 5.14 Å². The van der Waals surface area contributed by atoms with Gasteiger partial charge in [-0.1, -0.05) is 30.3 Å². The number of primary sulfonamides is 1. The van der Waals surface area contributed by atoms with Crippen molar-refractivity contribution in [3.05, 3.63) is 65.7 Å². The van der Waals surface area contributed by atoms with E-state index < -0.39 is 10.0 Å². The van der Waals surface area contributed by atoms with Crippen LogP contribution in [0, 0.1) is 0 Å². The molecule has 0 saturated heterocycles. The van der Waals surface area contributed by atoms with Crippen molar-refractivity contribution < 1.29 is 13.2 Å². The normalized spacial score (nSPS) is 15.9. The third kappa shape index (κ3) is 3.43. The highest BCUT2D eigenvalue weighted by molar-refractivity contribution is 7.89. The highest BCUT2D eigenvalue weighted by atomic mass is 32.2. The molecule has 1 aliphatic rings. The highest BCUT2D eigenvalue weighted by Gasteiger charge is 2.44. The van der Waals surface area contributed by atoms with Crippen LogP contribution in [-0.2, 0) is 15.4 Å². The number of rotatable bonds is 5. The summed E-state index contributed by atoms with van der Waals surface area (Å²) in [6.07, 6.45) is 2.11. The molecule has 120 valence electrons. The number of carbonyl (C=O) groups excluding carboxylic acids is 1. The van der Waals surface area contributed by atoms with Gasteiger partial charge in [-0.3, -0.25) is 4.79 Å². The van der Waals surface area contributed by atoms with E-state index in [2.05, 4.69) is 17.4 Å². The Morgan fingerprint density at radius 3 is 2.17 bits per heavy atom. The van der Waals surface area contributed by atoms with E-state index in [-0.39, 0.29) is 16.2 Å². The molecule has 5 nitrogen and oxygen atoms in total. The molecule has 0 spiro atoms. The molecule has 1 amide bonds. The monoisotopic (exact) mass is 330 g/mol. The molecule has 2 aromatic carbocycles. The quantitative estimate of drug-likeness (QED) is 0.876. The first kappa shape index (κ1) is 15.7. The predicted octanol–water partition coefficient (Wildman–Crippen LogP) is 1.80. The summed E-state index contributed by atoms with van der Waals surface area (Å²) in [5.41, 5.74) is 1.70. The second kappa shape index (κ2) is 5.79. The molecule has 0 bridgehead atoms. The van der Waals surface area contributed by atoms with E-state index >= 15 is 0 Å². The second-order valence-corrected chi connectivity index (χ2v) is 7.46. The molecule has 23 heavy (non-hydrogen) atoms. The van der Waals surface area contributed by atoms with E-state index in [1.54, 1.807) is 0 Å². The van der Waals surface area contributed by atoms with Gasteiger partial charge in [-0.15, -0.1) is 0 Å². The van der Waals surface area contributed by atoms with Crippen LogP contribution in [0.4, 0.5) is 0 Å². The van der Waals surface area contributed by atoms with Crippen LogP contribution in [0.5, 0.6) is 0 Å². The molecular weight excluding hydrogens is 312 g/mol. The molecule has 3 rings (SSSR count). The maximum absolute atomic E-state index is 12.2. The van der Waals surface area contributed by atoms with Crippen molar-refractivity contribution in [1.82, 2.24) is 5.32 Å². The fraction of sp³-hybridized carbons (Fsp3) is 0.235. The minimum atomic E-state index is -3.74. The lowest BCUT2D eigenvalue weighted by Crippen LogP contribution is -2.32. The van der Waals surface area contributed by atoms with Gasteiger partial charge in [0.2, 0.25) is 10.0 Å². The van der Waals surface area contributed by atoms with Gasteiger partial charge in [0.1, 0.15) is 0 Å². The lowest BCUT2D eigenvalue weighted by Gasteiger charge is -2.16. The van der Waals surface area contributed by atoms with Crippen molar-refractivity contribution in [3.63, 3.8) is 0 Å². The lowest BCUT2D eigenvalue weighted by molar-refractivity contribution is 0.0949. The van der Waals surface area contributed by atoms with Crippen molar-refractivity contribution in [1.29, 1.82) is 0 Å². The maximum Gasteiger partial charge on any atom is 0.251 e. The maximum atomic E-state index is 12.2. The summed E-state index contributed by atoms with van der Waals surface area (Å²) in [6.45, 7) is 0.576. The molecule has 0 heterocycles. The van der Waals surface area contributed by atoms with Crippen LogP contribution >= 0.6 is 0 Å². The van der Waals surface area contributed by atoms with E-state index in [1.807, 2.05) is 18.2 Å². The minimum absolute atomic E-state index is 0.00278. The van der Waals surface area contributed by atoms with Crippen molar-refractivity contribution in [2.45, 2.75) is 23.2 Å². The molecule has 1 aliphatic carbocycles. The van der Waals surface area contributed by atoms with Crippen LogP contribution < -0.4 is 10.5 Å². The summed E-state index contributed by atoms with van der Waals surface area (Å²) in [6, 6.07) is 15.8. The zero-order valence-electron chi connectivity index (χ0n) is 12.5. The number of nitrogens with one attached hydrogen (secondary N) is 1. The first-order chi connectivity index (χ1) is 10.9. The number of nitrogens with two attached hydrogens (primary N) is 1. The molecule has 0 atom stereocenters. The number of hydrogen-bond donors (Lipinski definition) is 2. The molecule has 3 N–H and O–H groups in total. The third-order valence-corrected chi connectivity index (χ3v) is 5.20. The van der Waals surface area contributed by atoms with E-state index in [9.17, 15) is 13.2 Å². The molecule has 0 radical (unpaired) electrons. The molecule has 1 fully saturated rings. The Hall–Kier alpha value is -2.18. The van der Waals surface area contributed by atoms with Crippen molar-refractivity contribution in [2.75, 3.05) is 6.54 Å². The topological polar surface area (TPSA) is 89.3 Å². The van der Waals surface area contributed by atoms with Gasteiger partial charge in [-0.25, -0.2) is 13.6 Å². The SMILES string of the molecule is NS(=O)(=O)c1ccc(C(=O)NCC2(c3ccccc3)CC2)cc1. The van der Waals surface area contributed by atoms with Gasteiger partial charge < -0.3 is 5.32 Å². The Morgan fingerprint density at radius 1 is 1.04 bits per heavy atom. The van der Waals surface area contributed by atoms with Gasteiger partial charge in [0, 0.05) is 17.5 Å². The highest BCUT2D eigenvalue weighted by Crippen LogP contribution is 2.47. The summed E-state index contributed by atoms with van der Waals surface area (Å²) in [4.78, 5) is 12.2.